The number of amidine groups is 1. The van der Waals surface area contributed by atoms with Gasteiger partial charge in [0.25, 0.3) is 5.91 Å². The second-order valence-electron chi connectivity index (χ2n) is 7.25. The zero-order valence-electron chi connectivity index (χ0n) is 16.7. The highest BCUT2D eigenvalue weighted by Crippen LogP contribution is 2.21. The lowest BCUT2D eigenvalue weighted by molar-refractivity contribution is 0.102. The molecule has 0 aliphatic carbocycles. The summed E-state index contributed by atoms with van der Waals surface area (Å²) in [5, 5.41) is 14.5. The molecular formula is C23H21ClFN5O. The molecule has 1 saturated heterocycles. The second-order valence-corrected chi connectivity index (χ2v) is 7.68. The highest BCUT2D eigenvalue weighted by Gasteiger charge is 2.18. The van der Waals surface area contributed by atoms with Gasteiger partial charge in [-0.25, -0.2) is 9.37 Å². The number of pyridine rings is 1. The number of rotatable bonds is 6. The summed E-state index contributed by atoms with van der Waals surface area (Å²) in [7, 11) is 0. The van der Waals surface area contributed by atoms with E-state index in [1.54, 1.807) is 12.1 Å². The molecule has 0 radical (unpaired) electrons. The Labute approximate surface area is 184 Å². The van der Waals surface area contributed by atoms with Crippen LogP contribution in [0.3, 0.4) is 0 Å². The summed E-state index contributed by atoms with van der Waals surface area (Å²) in [6, 6.07) is 14.9. The standard InChI is InChI=1S/C23H21ClFN5O/c24-17-6-9-21(28-14-17)29-23(31)19-12-18(25)7-8-20(19)27-13-15-2-4-16(5-3-15)22(26)30-10-1-11-30/h2-9,12,14,26-27H,1,10-11,13H2,(H,28,29,31). The number of carbonyl (C=O) groups is 1. The molecule has 6 nitrogen and oxygen atoms in total. The van der Waals surface area contributed by atoms with Crippen LogP contribution < -0.4 is 10.6 Å². The fourth-order valence-electron chi connectivity index (χ4n) is 3.19. The molecule has 31 heavy (non-hydrogen) atoms. The largest absolute Gasteiger partial charge is 0.380 e. The fraction of sp³-hybridized carbons (Fsp3) is 0.174. The van der Waals surface area contributed by atoms with Crippen molar-refractivity contribution in [1.82, 2.24) is 9.88 Å². The summed E-state index contributed by atoms with van der Waals surface area (Å²) < 4.78 is 13.8. The lowest BCUT2D eigenvalue weighted by atomic mass is 10.1. The number of benzene rings is 2. The predicted molar refractivity (Wildman–Crippen MR) is 120 cm³/mol. The molecule has 1 aromatic heterocycles. The molecule has 1 fully saturated rings. The first-order valence-corrected chi connectivity index (χ1v) is 10.3. The van der Waals surface area contributed by atoms with Crippen LogP contribution in [0, 0.1) is 11.2 Å². The quantitative estimate of drug-likeness (QED) is 0.383. The smallest absolute Gasteiger partial charge is 0.259 e. The van der Waals surface area contributed by atoms with Gasteiger partial charge in [0.1, 0.15) is 17.5 Å². The van der Waals surface area contributed by atoms with Gasteiger partial charge in [0, 0.05) is 37.1 Å². The summed E-state index contributed by atoms with van der Waals surface area (Å²) in [5.41, 5.74) is 2.54. The van der Waals surface area contributed by atoms with E-state index in [2.05, 4.69) is 15.6 Å². The van der Waals surface area contributed by atoms with E-state index in [4.69, 9.17) is 17.0 Å². The van der Waals surface area contributed by atoms with Gasteiger partial charge in [-0.3, -0.25) is 10.2 Å². The van der Waals surface area contributed by atoms with Crippen molar-refractivity contribution in [3.63, 3.8) is 0 Å². The van der Waals surface area contributed by atoms with Gasteiger partial charge < -0.3 is 15.5 Å². The minimum Gasteiger partial charge on any atom is -0.380 e. The van der Waals surface area contributed by atoms with E-state index in [0.717, 1.165) is 30.6 Å². The number of amides is 1. The maximum Gasteiger partial charge on any atom is 0.259 e. The van der Waals surface area contributed by atoms with E-state index in [0.29, 0.717) is 28.9 Å². The van der Waals surface area contributed by atoms with E-state index in [9.17, 15) is 9.18 Å². The minimum absolute atomic E-state index is 0.174. The molecule has 1 aliphatic heterocycles. The molecule has 1 aliphatic rings. The molecule has 8 heteroatoms. The van der Waals surface area contributed by atoms with Crippen LogP contribution in [-0.2, 0) is 6.54 Å². The normalized spacial score (nSPS) is 12.8. The molecule has 1 amide bonds. The van der Waals surface area contributed by atoms with Crippen LogP contribution in [0.1, 0.15) is 27.9 Å². The Hall–Kier alpha value is -3.45. The second kappa shape index (κ2) is 9.14. The van der Waals surface area contributed by atoms with Crippen molar-refractivity contribution in [3.8, 4) is 0 Å². The molecule has 0 atom stereocenters. The van der Waals surface area contributed by atoms with E-state index in [-0.39, 0.29) is 5.56 Å². The Bertz CT molecular complexity index is 1100. The van der Waals surface area contributed by atoms with E-state index in [1.807, 2.05) is 29.2 Å². The van der Waals surface area contributed by atoms with Crippen LogP contribution in [0.2, 0.25) is 5.02 Å². The van der Waals surface area contributed by atoms with Crippen molar-refractivity contribution in [2.24, 2.45) is 0 Å². The maximum absolute atomic E-state index is 13.8. The van der Waals surface area contributed by atoms with Crippen LogP contribution in [0.25, 0.3) is 0 Å². The average molecular weight is 438 g/mol. The first-order chi connectivity index (χ1) is 15.0. The third-order valence-electron chi connectivity index (χ3n) is 5.08. The molecule has 2 aromatic carbocycles. The zero-order chi connectivity index (χ0) is 21.8. The molecule has 3 N–H and O–H groups in total. The van der Waals surface area contributed by atoms with Crippen molar-refractivity contribution >= 4 is 34.8 Å². The van der Waals surface area contributed by atoms with Crippen LogP contribution in [0.15, 0.2) is 60.8 Å². The van der Waals surface area contributed by atoms with Gasteiger partial charge in [-0.1, -0.05) is 35.9 Å². The van der Waals surface area contributed by atoms with Crippen LogP contribution in [0.5, 0.6) is 0 Å². The number of hydrogen-bond donors (Lipinski definition) is 3. The lowest BCUT2D eigenvalue weighted by Crippen LogP contribution is -2.42. The molecule has 0 spiro atoms. The van der Waals surface area contributed by atoms with Crippen LogP contribution in [0.4, 0.5) is 15.9 Å². The lowest BCUT2D eigenvalue weighted by Gasteiger charge is -2.33. The number of aromatic nitrogens is 1. The number of halogens is 2. The van der Waals surface area contributed by atoms with Crippen LogP contribution >= 0.6 is 11.6 Å². The van der Waals surface area contributed by atoms with Gasteiger partial charge in [-0.2, -0.15) is 0 Å². The van der Waals surface area contributed by atoms with E-state index >= 15 is 0 Å². The predicted octanol–water partition coefficient (Wildman–Crippen LogP) is 4.77. The monoisotopic (exact) mass is 437 g/mol. The highest BCUT2D eigenvalue weighted by molar-refractivity contribution is 6.30. The van der Waals surface area contributed by atoms with Crippen LogP contribution in [-0.4, -0.2) is 34.7 Å². The van der Waals surface area contributed by atoms with Crippen molar-refractivity contribution in [2.45, 2.75) is 13.0 Å². The number of carbonyl (C=O) groups excluding carboxylic acids is 1. The first-order valence-electron chi connectivity index (χ1n) is 9.89. The summed E-state index contributed by atoms with van der Waals surface area (Å²) in [6.45, 7) is 2.31. The highest BCUT2D eigenvalue weighted by atomic mass is 35.5. The maximum atomic E-state index is 13.8. The zero-order valence-corrected chi connectivity index (χ0v) is 17.4. The van der Waals surface area contributed by atoms with Gasteiger partial charge in [0.15, 0.2) is 0 Å². The average Bonchev–Trinajstić information content (AvgIpc) is 2.73. The molecular weight excluding hydrogens is 417 g/mol. The summed E-state index contributed by atoms with van der Waals surface area (Å²) >= 11 is 5.81. The Morgan fingerprint density at radius 3 is 2.55 bits per heavy atom. The fourth-order valence-corrected chi connectivity index (χ4v) is 3.30. The summed E-state index contributed by atoms with van der Waals surface area (Å²) in [5.74, 6) is -0.118. The molecule has 0 saturated carbocycles. The number of anilines is 2. The van der Waals surface area contributed by atoms with Crippen molar-refractivity contribution in [3.05, 3.63) is 88.3 Å². The van der Waals surface area contributed by atoms with Crippen molar-refractivity contribution in [2.75, 3.05) is 23.7 Å². The molecule has 2 heterocycles. The molecule has 3 aromatic rings. The Morgan fingerprint density at radius 1 is 1.13 bits per heavy atom. The van der Waals surface area contributed by atoms with Gasteiger partial charge in [0.2, 0.25) is 0 Å². The van der Waals surface area contributed by atoms with Gasteiger partial charge in [0.05, 0.1) is 10.6 Å². The molecule has 0 bridgehead atoms. The molecule has 4 rings (SSSR count). The van der Waals surface area contributed by atoms with Gasteiger partial charge >= 0.3 is 0 Å². The number of nitrogens with one attached hydrogen (secondary N) is 3. The number of likely N-dealkylation sites (tertiary alicyclic amines) is 1. The SMILES string of the molecule is N=C(c1ccc(CNc2ccc(F)cc2C(=O)Nc2ccc(Cl)cn2)cc1)N1CCC1. The minimum atomic E-state index is -0.506. The van der Waals surface area contributed by atoms with E-state index < -0.39 is 11.7 Å². The Morgan fingerprint density at radius 2 is 1.90 bits per heavy atom. The first kappa shape index (κ1) is 20.8. The summed E-state index contributed by atoms with van der Waals surface area (Å²) in [4.78, 5) is 18.8. The molecule has 158 valence electrons. The topological polar surface area (TPSA) is 81.1 Å². The van der Waals surface area contributed by atoms with Gasteiger partial charge in [-0.15, -0.1) is 0 Å². The summed E-state index contributed by atoms with van der Waals surface area (Å²) in [6.07, 6.45) is 2.55. The third kappa shape index (κ3) is 5.00. The van der Waals surface area contributed by atoms with Crippen molar-refractivity contribution < 1.29 is 9.18 Å². The Kier molecular flexibility index (Phi) is 6.13. The van der Waals surface area contributed by atoms with E-state index in [1.165, 1.54) is 24.4 Å². The van der Waals surface area contributed by atoms with Crippen molar-refractivity contribution in [1.29, 1.82) is 5.41 Å². The third-order valence-corrected chi connectivity index (χ3v) is 5.30. The number of hydrogen-bond acceptors (Lipinski definition) is 4. The number of nitrogens with zero attached hydrogens (tertiary/aromatic N) is 2. The van der Waals surface area contributed by atoms with Gasteiger partial charge in [-0.05, 0) is 42.3 Å². The Balaban J connectivity index is 1.44. The molecule has 0 unspecified atom stereocenters.